The van der Waals surface area contributed by atoms with Crippen LogP contribution in [0.15, 0.2) is 36.5 Å². The van der Waals surface area contributed by atoms with Crippen LogP contribution in [0.3, 0.4) is 0 Å². The first-order valence-corrected chi connectivity index (χ1v) is 4.38. The summed E-state index contributed by atoms with van der Waals surface area (Å²) < 4.78 is 0. The molecule has 0 atom stereocenters. The lowest BCUT2D eigenvalue weighted by Crippen LogP contribution is -2.11. The van der Waals surface area contributed by atoms with Gasteiger partial charge in [0.05, 0.1) is 0 Å². The van der Waals surface area contributed by atoms with Gasteiger partial charge in [0.15, 0.2) is 0 Å². The van der Waals surface area contributed by atoms with Gasteiger partial charge < -0.3 is 4.90 Å². The molecule has 0 amide bonds. The minimum Gasteiger partial charge on any atom is -0.347 e. The van der Waals surface area contributed by atoms with Gasteiger partial charge in [-0.1, -0.05) is 18.2 Å². The van der Waals surface area contributed by atoms with Crippen LogP contribution in [0.4, 0.5) is 5.69 Å². The van der Waals surface area contributed by atoms with Crippen LogP contribution in [0.2, 0.25) is 0 Å². The number of nitrogens with zero attached hydrogens (tertiary/aromatic N) is 1. The van der Waals surface area contributed by atoms with Crippen molar-refractivity contribution in [3.8, 4) is 0 Å². The molecule has 0 radical (unpaired) electrons. The Kier molecular flexibility index (Phi) is 2.13. The molecule has 66 valence electrons. The Morgan fingerprint density at radius 2 is 2.15 bits per heavy atom. The number of anilines is 1. The van der Waals surface area contributed by atoms with Gasteiger partial charge in [-0.2, -0.15) is 0 Å². The number of para-hydroxylation sites is 1. The molecule has 1 aliphatic heterocycles. The molecule has 2 heteroatoms. The Balaban J connectivity index is 2.28. The minimum absolute atomic E-state index is 0.806. The van der Waals surface area contributed by atoms with Crippen LogP contribution in [0, 0.1) is 0 Å². The van der Waals surface area contributed by atoms with Gasteiger partial charge in [-0.25, -0.2) is 0 Å². The molecule has 0 fully saturated rings. The van der Waals surface area contributed by atoms with Crippen molar-refractivity contribution in [2.75, 3.05) is 11.4 Å². The van der Waals surface area contributed by atoms with Crippen molar-refractivity contribution in [1.29, 1.82) is 0 Å². The van der Waals surface area contributed by atoms with Crippen molar-refractivity contribution in [3.63, 3.8) is 0 Å². The van der Waals surface area contributed by atoms with E-state index in [9.17, 15) is 4.79 Å². The second-order valence-electron chi connectivity index (χ2n) is 3.05. The highest BCUT2D eigenvalue weighted by Crippen LogP contribution is 2.27. The third kappa shape index (κ3) is 1.47. The number of aldehydes is 1. The topological polar surface area (TPSA) is 20.3 Å². The molecule has 0 N–H and O–H groups in total. The Bertz CT molecular complexity index is 344. The largest absolute Gasteiger partial charge is 0.347 e. The zero-order chi connectivity index (χ0) is 9.10. The number of hydrogen-bond donors (Lipinski definition) is 0. The molecule has 0 aromatic heterocycles. The molecule has 0 aliphatic carbocycles. The molecule has 2 nitrogen and oxygen atoms in total. The first-order chi connectivity index (χ1) is 6.42. The van der Waals surface area contributed by atoms with E-state index in [0.717, 1.165) is 19.3 Å². The molecule has 0 saturated heterocycles. The Morgan fingerprint density at radius 1 is 1.31 bits per heavy atom. The normalized spacial score (nSPS) is 14.9. The van der Waals surface area contributed by atoms with E-state index >= 15 is 0 Å². The summed E-state index contributed by atoms with van der Waals surface area (Å²) in [7, 11) is 0. The monoisotopic (exact) mass is 173 g/mol. The lowest BCUT2D eigenvalue weighted by molar-refractivity contribution is -0.104. The Labute approximate surface area is 77.5 Å². The molecule has 0 spiro atoms. The second kappa shape index (κ2) is 3.44. The van der Waals surface area contributed by atoms with Gasteiger partial charge in [0.2, 0.25) is 0 Å². The molecule has 2 rings (SSSR count). The predicted molar refractivity (Wildman–Crippen MR) is 52.7 cm³/mol. The smallest absolute Gasteiger partial charge is 0.144 e. The highest BCUT2D eigenvalue weighted by Gasteiger charge is 2.15. The summed E-state index contributed by atoms with van der Waals surface area (Å²) in [5.74, 6) is 0. The van der Waals surface area contributed by atoms with Crippen LogP contribution in [-0.2, 0) is 11.2 Å². The summed E-state index contributed by atoms with van der Waals surface area (Å²) in [5, 5.41) is 0. The number of benzene rings is 1. The number of rotatable bonds is 2. The van der Waals surface area contributed by atoms with E-state index < -0.39 is 0 Å². The van der Waals surface area contributed by atoms with Gasteiger partial charge in [0, 0.05) is 18.4 Å². The molecule has 13 heavy (non-hydrogen) atoms. The van der Waals surface area contributed by atoms with E-state index in [1.54, 1.807) is 0 Å². The lowest BCUT2D eigenvalue weighted by atomic mass is 10.2. The summed E-state index contributed by atoms with van der Waals surface area (Å²) in [6.07, 6.45) is 5.24. The Morgan fingerprint density at radius 3 is 3.00 bits per heavy atom. The van der Waals surface area contributed by atoms with Crippen LogP contribution in [0.25, 0.3) is 0 Å². The number of allylic oxidation sites excluding steroid dienone is 1. The summed E-state index contributed by atoms with van der Waals surface area (Å²) in [6.45, 7) is 0.976. The zero-order valence-electron chi connectivity index (χ0n) is 7.31. The van der Waals surface area contributed by atoms with Crippen molar-refractivity contribution < 1.29 is 4.79 Å². The summed E-state index contributed by atoms with van der Waals surface area (Å²) in [6, 6.07) is 8.28. The average molecular weight is 173 g/mol. The van der Waals surface area contributed by atoms with Crippen molar-refractivity contribution in [2.45, 2.75) is 6.42 Å². The average Bonchev–Trinajstić information content (AvgIpc) is 2.58. The second-order valence-corrected chi connectivity index (χ2v) is 3.05. The molecule has 0 bridgehead atoms. The number of carbonyl (C=O) groups is 1. The molecule has 1 aromatic carbocycles. The molecule has 1 aromatic rings. The molecular weight excluding hydrogens is 162 g/mol. The molecule has 1 aliphatic rings. The van der Waals surface area contributed by atoms with Crippen LogP contribution in [-0.4, -0.2) is 12.8 Å². The fourth-order valence-corrected chi connectivity index (χ4v) is 1.66. The van der Waals surface area contributed by atoms with Gasteiger partial charge in [0.1, 0.15) is 6.29 Å². The maximum Gasteiger partial charge on any atom is 0.144 e. The summed E-state index contributed by atoms with van der Waals surface area (Å²) in [5.41, 5.74) is 2.58. The van der Waals surface area contributed by atoms with Crippen molar-refractivity contribution in [1.82, 2.24) is 0 Å². The highest BCUT2D eigenvalue weighted by molar-refractivity contribution is 5.68. The number of hydrogen-bond acceptors (Lipinski definition) is 2. The first-order valence-electron chi connectivity index (χ1n) is 4.38. The summed E-state index contributed by atoms with van der Waals surface area (Å²) in [4.78, 5) is 12.3. The van der Waals surface area contributed by atoms with E-state index in [4.69, 9.17) is 0 Å². The minimum atomic E-state index is 0.806. The van der Waals surface area contributed by atoms with Crippen molar-refractivity contribution >= 4 is 12.0 Å². The van der Waals surface area contributed by atoms with Crippen molar-refractivity contribution in [2.24, 2.45) is 0 Å². The van der Waals surface area contributed by atoms with Gasteiger partial charge >= 0.3 is 0 Å². The standard InChI is InChI=1S/C11H11NO/c13-9-3-7-12-8-6-10-4-1-2-5-11(10)12/h1-5,7,9H,6,8H2. The Hall–Kier alpha value is -1.57. The molecular formula is C11H11NO. The fourth-order valence-electron chi connectivity index (χ4n) is 1.66. The van der Waals surface area contributed by atoms with Crippen LogP contribution >= 0.6 is 0 Å². The highest BCUT2D eigenvalue weighted by atomic mass is 16.1. The zero-order valence-corrected chi connectivity index (χ0v) is 7.31. The predicted octanol–water partition coefficient (Wildman–Crippen LogP) is 1.76. The molecule has 0 saturated carbocycles. The van der Waals surface area contributed by atoms with Crippen molar-refractivity contribution in [3.05, 3.63) is 42.1 Å². The number of carbonyl (C=O) groups excluding carboxylic acids is 1. The maximum absolute atomic E-state index is 10.2. The molecule has 0 unspecified atom stereocenters. The van der Waals surface area contributed by atoms with E-state index in [2.05, 4.69) is 17.0 Å². The van der Waals surface area contributed by atoms with E-state index in [0.29, 0.717) is 0 Å². The third-order valence-corrected chi connectivity index (χ3v) is 2.27. The van der Waals surface area contributed by atoms with E-state index in [1.165, 1.54) is 17.3 Å². The van der Waals surface area contributed by atoms with Crippen LogP contribution in [0.5, 0.6) is 0 Å². The third-order valence-electron chi connectivity index (χ3n) is 2.27. The summed E-state index contributed by atoms with van der Waals surface area (Å²) >= 11 is 0. The van der Waals surface area contributed by atoms with Gasteiger partial charge in [-0.15, -0.1) is 0 Å². The lowest BCUT2D eigenvalue weighted by Gasteiger charge is -2.12. The van der Waals surface area contributed by atoms with E-state index in [1.807, 2.05) is 18.3 Å². The first kappa shape index (κ1) is 8.05. The molecule has 1 heterocycles. The van der Waals surface area contributed by atoms with E-state index in [-0.39, 0.29) is 0 Å². The number of fused-ring (bicyclic) bond motifs is 1. The SMILES string of the molecule is O=CC=CN1CCc2ccccc21. The van der Waals surface area contributed by atoms with Gasteiger partial charge in [-0.3, -0.25) is 4.79 Å². The fraction of sp³-hybridized carbons (Fsp3) is 0.182. The van der Waals surface area contributed by atoms with Crippen LogP contribution in [0.1, 0.15) is 5.56 Å². The van der Waals surface area contributed by atoms with Crippen LogP contribution < -0.4 is 4.90 Å². The quantitative estimate of drug-likeness (QED) is 0.501. The maximum atomic E-state index is 10.2. The van der Waals surface area contributed by atoms with Gasteiger partial charge in [-0.05, 0) is 24.1 Å². The van der Waals surface area contributed by atoms with Gasteiger partial charge in [0.25, 0.3) is 0 Å².